The van der Waals surface area contributed by atoms with E-state index in [1.165, 1.54) is 12.1 Å². The zero-order valence-corrected chi connectivity index (χ0v) is 21.7. The van der Waals surface area contributed by atoms with Crippen molar-refractivity contribution in [3.8, 4) is 11.5 Å². The molecule has 0 aliphatic carbocycles. The summed E-state index contributed by atoms with van der Waals surface area (Å²) in [5.74, 6) is -4.94. The molecule has 0 heterocycles. The Balaban J connectivity index is 3.44. The predicted molar refractivity (Wildman–Crippen MR) is 130 cm³/mol. The Morgan fingerprint density at radius 2 is 1.37 bits per heavy atom. The van der Waals surface area contributed by atoms with Gasteiger partial charge in [-0.15, -0.1) is 0 Å². The number of ether oxygens (including phenoxy) is 3. The van der Waals surface area contributed by atoms with Crippen molar-refractivity contribution in [2.24, 2.45) is 29.4 Å². The minimum atomic E-state index is -1.32. The maximum absolute atomic E-state index is 12.5. The first-order valence-electron chi connectivity index (χ1n) is 12.1. The molecule has 0 aliphatic rings. The van der Waals surface area contributed by atoms with Gasteiger partial charge in [-0.05, 0) is 36.5 Å². The molecular weight excluding hydrogens is 454 g/mol. The second kappa shape index (κ2) is 13.8. The lowest BCUT2D eigenvalue weighted by Crippen LogP contribution is -2.40. The largest absolute Gasteiger partial charge is 0.480 e. The van der Waals surface area contributed by atoms with E-state index in [-0.39, 0.29) is 29.9 Å². The lowest BCUT2D eigenvalue weighted by atomic mass is 9.82. The van der Waals surface area contributed by atoms with E-state index in [2.05, 4.69) is 0 Å². The molecular formula is C26H39NO8. The summed E-state index contributed by atoms with van der Waals surface area (Å²) in [6.45, 7) is 12.2. The topological polar surface area (TPSA) is 142 Å². The normalized spacial score (nSPS) is 15.5. The molecule has 0 radical (unpaired) electrons. The van der Waals surface area contributed by atoms with Gasteiger partial charge in [0.05, 0.1) is 24.4 Å². The zero-order valence-electron chi connectivity index (χ0n) is 21.7. The van der Waals surface area contributed by atoms with Gasteiger partial charge in [0.1, 0.15) is 6.04 Å². The van der Waals surface area contributed by atoms with Crippen LogP contribution in [0, 0.1) is 23.7 Å². The van der Waals surface area contributed by atoms with Crippen molar-refractivity contribution < 1.29 is 38.5 Å². The smallest absolute Gasteiger partial charge is 0.321 e. The van der Waals surface area contributed by atoms with Crippen molar-refractivity contribution >= 4 is 23.9 Å². The SMILES string of the molecule is CCC(C)C(=O)Oc1ccc(C(C(C)COC(=O)C(C)C)[C@H](N)C(=O)O)cc1OC(=O)C(C)CC. The van der Waals surface area contributed by atoms with Gasteiger partial charge in [-0.3, -0.25) is 19.2 Å². The molecule has 1 aromatic rings. The highest BCUT2D eigenvalue weighted by molar-refractivity contribution is 5.79. The minimum Gasteiger partial charge on any atom is -0.480 e. The van der Waals surface area contributed by atoms with Crippen molar-refractivity contribution in [2.45, 2.75) is 73.3 Å². The van der Waals surface area contributed by atoms with Crippen LogP contribution in [0.5, 0.6) is 11.5 Å². The van der Waals surface area contributed by atoms with Crippen LogP contribution in [-0.4, -0.2) is 41.6 Å². The van der Waals surface area contributed by atoms with Gasteiger partial charge in [0.15, 0.2) is 11.5 Å². The number of carboxylic acid groups (broad SMARTS) is 1. The fourth-order valence-corrected chi connectivity index (χ4v) is 3.17. The van der Waals surface area contributed by atoms with E-state index >= 15 is 0 Å². The summed E-state index contributed by atoms with van der Waals surface area (Å²) >= 11 is 0. The van der Waals surface area contributed by atoms with Crippen LogP contribution in [-0.2, 0) is 23.9 Å². The van der Waals surface area contributed by atoms with Crippen LogP contribution < -0.4 is 15.2 Å². The van der Waals surface area contributed by atoms with E-state index in [0.29, 0.717) is 18.4 Å². The average Bonchev–Trinajstić information content (AvgIpc) is 2.82. The van der Waals surface area contributed by atoms with Gasteiger partial charge < -0.3 is 25.1 Å². The maximum Gasteiger partial charge on any atom is 0.321 e. The Hall–Kier alpha value is -2.94. The van der Waals surface area contributed by atoms with Crippen LogP contribution in [0.2, 0.25) is 0 Å². The first-order valence-corrected chi connectivity index (χ1v) is 12.1. The minimum absolute atomic E-state index is 0.00147. The standard InChI is InChI=1S/C26H39NO8/c1-8-15(5)25(31)34-19-11-10-18(12-20(19)35-26(32)16(6)9-2)21(22(27)23(28)29)17(7)13-33-24(30)14(3)4/h10-12,14-17,21-22H,8-9,13,27H2,1-7H3,(H,28,29)/t15?,16?,17?,21?,22-/m0/s1. The molecule has 3 N–H and O–H groups in total. The second-order valence-corrected chi connectivity index (χ2v) is 9.32. The quantitative estimate of drug-likeness (QED) is 0.309. The third-order valence-corrected chi connectivity index (χ3v) is 6.05. The molecule has 9 nitrogen and oxygen atoms in total. The number of rotatable bonds is 13. The maximum atomic E-state index is 12.5. The Morgan fingerprint density at radius 3 is 1.83 bits per heavy atom. The molecule has 0 spiro atoms. The lowest BCUT2D eigenvalue weighted by molar-refractivity contribution is -0.149. The van der Waals surface area contributed by atoms with Crippen LogP contribution in [0.3, 0.4) is 0 Å². The van der Waals surface area contributed by atoms with E-state index in [1.54, 1.807) is 40.7 Å². The number of aliphatic carboxylic acids is 1. The Bertz CT molecular complexity index is 897. The first-order chi connectivity index (χ1) is 16.3. The molecule has 35 heavy (non-hydrogen) atoms. The molecule has 9 heteroatoms. The highest BCUT2D eigenvalue weighted by Gasteiger charge is 2.33. The zero-order chi connectivity index (χ0) is 26.9. The molecule has 0 aliphatic heterocycles. The second-order valence-electron chi connectivity index (χ2n) is 9.32. The van der Waals surface area contributed by atoms with Gasteiger partial charge in [0.25, 0.3) is 0 Å². The van der Waals surface area contributed by atoms with Crippen LogP contribution >= 0.6 is 0 Å². The van der Waals surface area contributed by atoms with Gasteiger partial charge in [0, 0.05) is 5.92 Å². The third kappa shape index (κ3) is 8.65. The number of esters is 3. The number of carbonyl (C=O) groups is 4. The number of carbonyl (C=O) groups excluding carboxylic acids is 3. The van der Waals surface area contributed by atoms with E-state index in [4.69, 9.17) is 19.9 Å². The van der Waals surface area contributed by atoms with Crippen LogP contribution in [0.1, 0.15) is 72.8 Å². The van der Waals surface area contributed by atoms with Crippen molar-refractivity contribution in [1.82, 2.24) is 0 Å². The summed E-state index contributed by atoms with van der Waals surface area (Å²) in [4.78, 5) is 48.6. The van der Waals surface area contributed by atoms with Crippen molar-refractivity contribution in [2.75, 3.05) is 6.61 Å². The van der Waals surface area contributed by atoms with Crippen molar-refractivity contribution in [3.63, 3.8) is 0 Å². The number of carboxylic acids is 1. The summed E-state index contributed by atoms with van der Waals surface area (Å²) in [6.07, 6.45) is 1.12. The summed E-state index contributed by atoms with van der Waals surface area (Å²) in [7, 11) is 0. The molecule has 1 rings (SSSR count). The molecule has 4 unspecified atom stereocenters. The number of nitrogens with two attached hydrogens (primary N) is 1. The van der Waals surface area contributed by atoms with Gasteiger partial charge in [-0.2, -0.15) is 0 Å². The molecule has 0 bridgehead atoms. The highest BCUT2D eigenvalue weighted by atomic mass is 16.6. The average molecular weight is 494 g/mol. The summed E-state index contributed by atoms with van der Waals surface area (Å²) in [6, 6.07) is 3.18. The molecule has 196 valence electrons. The fourth-order valence-electron chi connectivity index (χ4n) is 3.17. The van der Waals surface area contributed by atoms with E-state index in [1.807, 2.05) is 13.8 Å². The van der Waals surface area contributed by atoms with Crippen LogP contribution in [0.25, 0.3) is 0 Å². The monoisotopic (exact) mass is 493 g/mol. The van der Waals surface area contributed by atoms with Gasteiger partial charge in [-0.1, -0.05) is 54.5 Å². The van der Waals surface area contributed by atoms with E-state index < -0.39 is 47.7 Å². The fraction of sp³-hybridized carbons (Fsp3) is 0.615. The van der Waals surface area contributed by atoms with Crippen molar-refractivity contribution in [1.29, 1.82) is 0 Å². The molecule has 0 amide bonds. The van der Waals surface area contributed by atoms with Gasteiger partial charge in [-0.25, -0.2) is 0 Å². The summed E-state index contributed by atoms with van der Waals surface area (Å²) in [5, 5.41) is 9.62. The number of hydrogen-bond donors (Lipinski definition) is 2. The molecule has 5 atom stereocenters. The van der Waals surface area contributed by atoms with Crippen molar-refractivity contribution in [3.05, 3.63) is 23.8 Å². The van der Waals surface area contributed by atoms with Crippen LogP contribution in [0.4, 0.5) is 0 Å². The van der Waals surface area contributed by atoms with Crippen LogP contribution in [0.15, 0.2) is 18.2 Å². The molecule has 1 aromatic carbocycles. The highest BCUT2D eigenvalue weighted by Crippen LogP contribution is 2.36. The Labute approximate surface area is 207 Å². The molecule has 0 saturated heterocycles. The Morgan fingerprint density at radius 1 is 0.857 bits per heavy atom. The predicted octanol–water partition coefficient (Wildman–Crippen LogP) is 3.92. The lowest BCUT2D eigenvalue weighted by Gasteiger charge is -2.28. The Kier molecular flexibility index (Phi) is 11.9. The number of benzene rings is 1. The molecule has 0 aromatic heterocycles. The van der Waals surface area contributed by atoms with E-state index in [0.717, 1.165) is 0 Å². The molecule has 0 saturated carbocycles. The summed E-state index contributed by atoms with van der Waals surface area (Å²) in [5.41, 5.74) is 6.47. The molecule has 0 fully saturated rings. The van der Waals surface area contributed by atoms with E-state index in [9.17, 15) is 24.3 Å². The van der Waals surface area contributed by atoms with Gasteiger partial charge in [0.2, 0.25) is 0 Å². The van der Waals surface area contributed by atoms with Gasteiger partial charge >= 0.3 is 23.9 Å². The summed E-state index contributed by atoms with van der Waals surface area (Å²) < 4.78 is 16.4. The number of hydrogen-bond acceptors (Lipinski definition) is 8. The first kappa shape index (κ1) is 30.1. The third-order valence-electron chi connectivity index (χ3n) is 6.05.